The topological polar surface area (TPSA) is 54.0 Å². The Balaban J connectivity index is 1.69. The van der Waals surface area contributed by atoms with Gasteiger partial charge in [-0.15, -0.1) is 0 Å². The molecule has 3 rings (SSSR count). The second-order valence-electron chi connectivity index (χ2n) is 5.48. The van der Waals surface area contributed by atoms with Gasteiger partial charge in [0.1, 0.15) is 0 Å². The van der Waals surface area contributed by atoms with Crippen LogP contribution in [-0.4, -0.2) is 16.9 Å². The number of rotatable bonds is 5. The molecule has 0 aliphatic heterocycles. The van der Waals surface area contributed by atoms with Crippen molar-refractivity contribution in [1.82, 2.24) is 10.3 Å². The molecule has 1 aliphatic carbocycles. The quantitative estimate of drug-likeness (QED) is 0.885. The fraction of sp³-hybridized carbons (Fsp3) is 0.294. The number of pyridine rings is 1. The minimum atomic E-state index is 0.00943. The van der Waals surface area contributed by atoms with Gasteiger partial charge in [0, 0.05) is 29.7 Å². The van der Waals surface area contributed by atoms with Gasteiger partial charge in [0.05, 0.1) is 6.04 Å². The molecule has 1 aromatic heterocycles. The van der Waals surface area contributed by atoms with Crippen LogP contribution in [0.25, 0.3) is 0 Å². The third-order valence-electron chi connectivity index (χ3n) is 3.60. The van der Waals surface area contributed by atoms with E-state index in [9.17, 15) is 4.79 Å². The molecule has 1 amide bonds. The number of hydrogen-bond acceptors (Lipinski definition) is 3. The predicted molar refractivity (Wildman–Crippen MR) is 83.2 cm³/mol. The van der Waals surface area contributed by atoms with Gasteiger partial charge in [-0.3, -0.25) is 9.78 Å². The maximum absolute atomic E-state index is 12.1. The molecule has 1 aromatic carbocycles. The molecule has 1 unspecified atom stereocenters. The highest BCUT2D eigenvalue weighted by Crippen LogP contribution is 2.21. The van der Waals surface area contributed by atoms with Crippen LogP contribution in [0.1, 0.15) is 41.7 Å². The summed E-state index contributed by atoms with van der Waals surface area (Å²) in [5.74, 6) is 0.00943. The Morgan fingerprint density at radius 1 is 1.29 bits per heavy atom. The largest absolute Gasteiger partial charge is 0.378 e. The summed E-state index contributed by atoms with van der Waals surface area (Å²) in [5, 5.41) is 6.41. The van der Waals surface area contributed by atoms with Crippen LogP contribution >= 0.6 is 0 Å². The van der Waals surface area contributed by atoms with Gasteiger partial charge in [-0.2, -0.15) is 0 Å². The minimum Gasteiger partial charge on any atom is -0.378 e. The molecule has 2 N–H and O–H groups in total. The molecule has 1 saturated carbocycles. The van der Waals surface area contributed by atoms with Gasteiger partial charge >= 0.3 is 0 Å². The van der Waals surface area contributed by atoms with Gasteiger partial charge in [-0.25, -0.2) is 0 Å². The fourth-order valence-corrected chi connectivity index (χ4v) is 2.21. The first-order valence-electron chi connectivity index (χ1n) is 7.30. The molecule has 1 atom stereocenters. The van der Waals surface area contributed by atoms with Gasteiger partial charge in [0.25, 0.3) is 5.91 Å². The van der Waals surface area contributed by atoms with E-state index in [1.807, 2.05) is 42.6 Å². The Labute approximate surface area is 124 Å². The van der Waals surface area contributed by atoms with E-state index < -0.39 is 0 Å². The summed E-state index contributed by atoms with van der Waals surface area (Å²) < 4.78 is 0. The van der Waals surface area contributed by atoms with Crippen LogP contribution in [0.3, 0.4) is 0 Å². The minimum absolute atomic E-state index is 0.00943. The number of nitrogens with zero attached hydrogens (tertiary/aromatic N) is 1. The maximum atomic E-state index is 12.1. The molecule has 1 fully saturated rings. The van der Waals surface area contributed by atoms with E-state index in [2.05, 4.69) is 22.5 Å². The van der Waals surface area contributed by atoms with E-state index >= 15 is 0 Å². The van der Waals surface area contributed by atoms with E-state index in [4.69, 9.17) is 0 Å². The maximum Gasteiger partial charge on any atom is 0.251 e. The second kappa shape index (κ2) is 5.95. The van der Waals surface area contributed by atoms with Crippen molar-refractivity contribution in [1.29, 1.82) is 0 Å². The lowest BCUT2D eigenvalue weighted by atomic mass is 10.1. The molecule has 0 bridgehead atoms. The molecule has 108 valence electrons. The van der Waals surface area contributed by atoms with Crippen molar-refractivity contribution in [2.75, 3.05) is 5.32 Å². The number of anilines is 1. The molecule has 2 aromatic rings. The monoisotopic (exact) mass is 281 g/mol. The summed E-state index contributed by atoms with van der Waals surface area (Å²) in [6.45, 7) is 2.08. The zero-order valence-electron chi connectivity index (χ0n) is 12.0. The number of carbonyl (C=O) groups excluding carboxylic acids is 1. The van der Waals surface area contributed by atoms with Gasteiger partial charge in [0.2, 0.25) is 0 Å². The molecular formula is C17H19N3O. The van der Waals surface area contributed by atoms with Gasteiger partial charge < -0.3 is 10.6 Å². The zero-order valence-corrected chi connectivity index (χ0v) is 12.0. The number of aromatic nitrogens is 1. The average molecular weight is 281 g/mol. The number of benzene rings is 1. The van der Waals surface area contributed by atoms with Crippen molar-refractivity contribution in [3.05, 3.63) is 59.9 Å². The molecule has 4 heteroatoms. The highest BCUT2D eigenvalue weighted by Gasteiger charge is 2.23. The second-order valence-corrected chi connectivity index (χ2v) is 5.48. The Hall–Kier alpha value is -2.36. The summed E-state index contributed by atoms with van der Waals surface area (Å²) in [6.07, 6.45) is 5.81. The van der Waals surface area contributed by atoms with Gasteiger partial charge in [-0.1, -0.05) is 12.1 Å². The molecule has 1 aliphatic rings. The van der Waals surface area contributed by atoms with Crippen molar-refractivity contribution in [2.24, 2.45) is 0 Å². The lowest BCUT2D eigenvalue weighted by Gasteiger charge is -2.16. The third-order valence-corrected chi connectivity index (χ3v) is 3.60. The number of hydrogen-bond donors (Lipinski definition) is 2. The van der Waals surface area contributed by atoms with E-state index in [1.165, 1.54) is 0 Å². The molecular weight excluding hydrogens is 262 g/mol. The fourth-order valence-electron chi connectivity index (χ4n) is 2.21. The summed E-state index contributed by atoms with van der Waals surface area (Å²) in [7, 11) is 0. The average Bonchev–Trinajstić information content (AvgIpc) is 3.32. The van der Waals surface area contributed by atoms with E-state index in [1.54, 1.807) is 6.20 Å². The predicted octanol–water partition coefficient (Wildman–Crippen LogP) is 3.15. The summed E-state index contributed by atoms with van der Waals surface area (Å²) in [4.78, 5) is 16.2. The van der Waals surface area contributed by atoms with Crippen molar-refractivity contribution >= 4 is 11.6 Å². The number of nitrogens with one attached hydrogen (secondary N) is 2. The standard InChI is InChI=1S/C17H19N3O/c1-12(14-5-3-9-18-11-14)19-16-6-2-4-13(10-16)17(21)20-15-7-8-15/h2-6,9-12,15,19H,7-8H2,1H3,(H,20,21). The Kier molecular flexibility index (Phi) is 3.86. The smallest absolute Gasteiger partial charge is 0.251 e. The first kappa shape index (κ1) is 13.6. The lowest BCUT2D eigenvalue weighted by Crippen LogP contribution is -2.25. The normalized spacial score (nSPS) is 15.3. The van der Waals surface area contributed by atoms with Crippen molar-refractivity contribution in [3.8, 4) is 0 Å². The van der Waals surface area contributed by atoms with Gasteiger partial charge in [-0.05, 0) is 49.6 Å². The molecule has 4 nitrogen and oxygen atoms in total. The van der Waals surface area contributed by atoms with Crippen LogP contribution in [-0.2, 0) is 0 Å². The van der Waals surface area contributed by atoms with E-state index in [0.717, 1.165) is 24.1 Å². The van der Waals surface area contributed by atoms with Crippen LogP contribution in [0.4, 0.5) is 5.69 Å². The molecule has 1 heterocycles. The van der Waals surface area contributed by atoms with E-state index in [0.29, 0.717) is 11.6 Å². The number of amides is 1. The molecule has 0 spiro atoms. The molecule has 0 radical (unpaired) electrons. The highest BCUT2D eigenvalue weighted by molar-refractivity contribution is 5.95. The summed E-state index contributed by atoms with van der Waals surface area (Å²) >= 11 is 0. The van der Waals surface area contributed by atoms with Crippen LogP contribution < -0.4 is 10.6 Å². The van der Waals surface area contributed by atoms with E-state index in [-0.39, 0.29) is 11.9 Å². The van der Waals surface area contributed by atoms with Crippen LogP contribution in [0, 0.1) is 0 Å². The van der Waals surface area contributed by atoms with Crippen LogP contribution in [0.15, 0.2) is 48.8 Å². The lowest BCUT2D eigenvalue weighted by molar-refractivity contribution is 0.0951. The first-order chi connectivity index (χ1) is 10.2. The Bertz CT molecular complexity index is 623. The summed E-state index contributed by atoms with van der Waals surface area (Å²) in [6, 6.07) is 12.1. The third kappa shape index (κ3) is 3.60. The molecule has 21 heavy (non-hydrogen) atoms. The first-order valence-corrected chi connectivity index (χ1v) is 7.30. The van der Waals surface area contributed by atoms with Crippen LogP contribution in [0.2, 0.25) is 0 Å². The van der Waals surface area contributed by atoms with Crippen LogP contribution in [0.5, 0.6) is 0 Å². The van der Waals surface area contributed by atoms with Crippen molar-refractivity contribution < 1.29 is 4.79 Å². The summed E-state index contributed by atoms with van der Waals surface area (Å²) in [5.41, 5.74) is 2.76. The van der Waals surface area contributed by atoms with Crippen molar-refractivity contribution in [3.63, 3.8) is 0 Å². The van der Waals surface area contributed by atoms with Crippen molar-refractivity contribution in [2.45, 2.75) is 31.8 Å². The molecule has 0 saturated heterocycles. The zero-order chi connectivity index (χ0) is 14.7. The highest BCUT2D eigenvalue weighted by atomic mass is 16.1. The Morgan fingerprint density at radius 2 is 2.14 bits per heavy atom. The Morgan fingerprint density at radius 3 is 2.86 bits per heavy atom. The van der Waals surface area contributed by atoms with Gasteiger partial charge in [0.15, 0.2) is 0 Å². The number of carbonyl (C=O) groups is 1. The SMILES string of the molecule is CC(Nc1cccc(C(=O)NC2CC2)c1)c1cccnc1.